The van der Waals surface area contributed by atoms with Crippen LogP contribution in [0.4, 0.5) is 0 Å². The number of hydrogen-bond acceptors (Lipinski definition) is 3. The van der Waals surface area contributed by atoms with Gasteiger partial charge in [0.2, 0.25) is 0 Å². The number of aliphatic hydroxyl groups excluding tert-OH is 1. The summed E-state index contributed by atoms with van der Waals surface area (Å²) in [7, 11) is 0. The lowest BCUT2D eigenvalue weighted by molar-refractivity contribution is -0.139. The van der Waals surface area contributed by atoms with Crippen molar-refractivity contribution in [2.24, 2.45) is 0 Å². The fourth-order valence-corrected chi connectivity index (χ4v) is 1.88. The second-order valence-corrected chi connectivity index (χ2v) is 3.82. The van der Waals surface area contributed by atoms with Gasteiger partial charge >= 0.3 is 5.97 Å². The number of carboxylic acid groups (broad SMARTS) is 1. The summed E-state index contributed by atoms with van der Waals surface area (Å²) in [5.74, 6) is -0.968. The second-order valence-electron chi connectivity index (χ2n) is 3.82. The van der Waals surface area contributed by atoms with Crippen LogP contribution in [0.2, 0.25) is 0 Å². The van der Waals surface area contributed by atoms with Gasteiger partial charge < -0.3 is 15.2 Å². The molecule has 0 bridgehead atoms. The van der Waals surface area contributed by atoms with E-state index >= 15 is 0 Å². The first-order chi connectivity index (χ1) is 8.22. The zero-order valence-electron chi connectivity index (χ0n) is 9.18. The molecule has 0 radical (unpaired) electrons. The third-order valence-corrected chi connectivity index (χ3v) is 2.73. The van der Waals surface area contributed by atoms with Gasteiger partial charge in [-0.25, -0.2) is 0 Å². The first kappa shape index (κ1) is 11.6. The van der Waals surface area contributed by atoms with Crippen molar-refractivity contribution < 1.29 is 15.0 Å². The molecule has 0 spiro atoms. The number of carboxylic acids is 1. The molecule has 0 saturated heterocycles. The fourth-order valence-electron chi connectivity index (χ4n) is 1.88. The molecule has 2 aromatic rings. The number of benzene rings is 1. The molecule has 0 saturated carbocycles. The number of aromatic nitrogens is 1. The molecular formula is C12H14N2O3. The summed E-state index contributed by atoms with van der Waals surface area (Å²) >= 11 is 0. The van der Waals surface area contributed by atoms with E-state index in [1.807, 2.05) is 24.3 Å². The van der Waals surface area contributed by atoms with Crippen molar-refractivity contribution in [3.05, 3.63) is 36.0 Å². The summed E-state index contributed by atoms with van der Waals surface area (Å²) in [6.07, 6.45) is 2.14. The number of carbonyl (C=O) groups is 1. The summed E-state index contributed by atoms with van der Waals surface area (Å²) in [5, 5.41) is 21.3. The van der Waals surface area contributed by atoms with Crippen molar-refractivity contribution >= 4 is 16.9 Å². The molecule has 17 heavy (non-hydrogen) atoms. The van der Waals surface area contributed by atoms with Crippen molar-refractivity contribution in [3.63, 3.8) is 0 Å². The Morgan fingerprint density at radius 1 is 1.41 bits per heavy atom. The van der Waals surface area contributed by atoms with E-state index in [4.69, 9.17) is 10.2 Å². The van der Waals surface area contributed by atoms with Gasteiger partial charge in [0.25, 0.3) is 0 Å². The zero-order chi connectivity index (χ0) is 12.3. The van der Waals surface area contributed by atoms with Crippen LogP contribution in [-0.4, -0.2) is 33.9 Å². The quantitative estimate of drug-likeness (QED) is 0.574. The second kappa shape index (κ2) is 4.99. The Morgan fingerprint density at radius 2 is 2.18 bits per heavy atom. The minimum atomic E-state index is -0.968. The highest BCUT2D eigenvalue weighted by Gasteiger charge is 2.18. The molecule has 1 aromatic heterocycles. The highest BCUT2D eigenvalue weighted by atomic mass is 16.4. The van der Waals surface area contributed by atoms with E-state index < -0.39 is 12.0 Å². The number of aromatic amines is 1. The Kier molecular flexibility index (Phi) is 3.41. The third kappa shape index (κ3) is 2.46. The molecule has 2 rings (SSSR count). The van der Waals surface area contributed by atoms with Gasteiger partial charge in [-0.05, 0) is 11.6 Å². The van der Waals surface area contributed by atoms with E-state index in [1.165, 1.54) is 0 Å². The van der Waals surface area contributed by atoms with Crippen LogP contribution in [0.3, 0.4) is 0 Å². The standard InChI is InChI=1S/C12H14N2O3/c15-7-14-11(12(16)17)5-8-6-13-10-4-2-1-3-9(8)10/h1-4,6,11,13-15H,5,7H2,(H,16,17). The van der Waals surface area contributed by atoms with Gasteiger partial charge in [-0.3, -0.25) is 10.1 Å². The van der Waals surface area contributed by atoms with Crippen LogP contribution < -0.4 is 5.32 Å². The number of H-pyrrole nitrogens is 1. The van der Waals surface area contributed by atoms with Crippen LogP contribution in [0.5, 0.6) is 0 Å². The Bertz CT molecular complexity index is 521. The van der Waals surface area contributed by atoms with E-state index in [0.29, 0.717) is 6.42 Å². The van der Waals surface area contributed by atoms with E-state index in [2.05, 4.69) is 10.3 Å². The Morgan fingerprint density at radius 3 is 2.88 bits per heavy atom. The fraction of sp³-hybridized carbons (Fsp3) is 0.250. The van der Waals surface area contributed by atoms with Crippen LogP contribution in [0.1, 0.15) is 5.56 Å². The molecule has 1 atom stereocenters. The first-order valence-corrected chi connectivity index (χ1v) is 5.34. The minimum Gasteiger partial charge on any atom is -0.480 e. The number of aliphatic hydroxyl groups is 1. The molecule has 90 valence electrons. The van der Waals surface area contributed by atoms with Gasteiger partial charge in [0.15, 0.2) is 0 Å². The lowest BCUT2D eigenvalue weighted by Gasteiger charge is -2.11. The van der Waals surface area contributed by atoms with Crippen molar-refractivity contribution in [1.82, 2.24) is 10.3 Å². The van der Waals surface area contributed by atoms with Crippen LogP contribution in [0.25, 0.3) is 10.9 Å². The number of para-hydroxylation sites is 1. The average molecular weight is 234 g/mol. The highest BCUT2D eigenvalue weighted by Crippen LogP contribution is 2.19. The lowest BCUT2D eigenvalue weighted by Crippen LogP contribution is -2.38. The van der Waals surface area contributed by atoms with Crippen molar-refractivity contribution in [1.29, 1.82) is 0 Å². The molecular weight excluding hydrogens is 220 g/mol. The molecule has 1 aromatic carbocycles. The van der Waals surface area contributed by atoms with Gasteiger partial charge in [0.05, 0.1) is 6.73 Å². The largest absolute Gasteiger partial charge is 0.480 e. The molecule has 5 heteroatoms. The summed E-state index contributed by atoms with van der Waals surface area (Å²) in [6.45, 7) is -0.348. The SMILES string of the molecule is O=C(O)C(Cc1c[nH]c2ccccc12)NCO. The van der Waals surface area contributed by atoms with Crippen molar-refractivity contribution in [2.75, 3.05) is 6.73 Å². The maximum absolute atomic E-state index is 11.0. The molecule has 1 heterocycles. The summed E-state index contributed by atoms with van der Waals surface area (Å²) < 4.78 is 0. The Balaban J connectivity index is 2.25. The number of aliphatic carboxylic acids is 1. The van der Waals surface area contributed by atoms with Gasteiger partial charge in [-0.2, -0.15) is 0 Å². The maximum atomic E-state index is 11.0. The molecule has 0 aliphatic heterocycles. The van der Waals surface area contributed by atoms with Gasteiger partial charge in [0, 0.05) is 23.5 Å². The predicted molar refractivity (Wildman–Crippen MR) is 63.6 cm³/mol. The third-order valence-electron chi connectivity index (χ3n) is 2.73. The smallest absolute Gasteiger partial charge is 0.321 e. The van der Waals surface area contributed by atoms with E-state index in [9.17, 15) is 4.79 Å². The summed E-state index contributed by atoms with van der Waals surface area (Å²) in [4.78, 5) is 14.1. The van der Waals surface area contributed by atoms with Crippen LogP contribution in [-0.2, 0) is 11.2 Å². The van der Waals surface area contributed by atoms with Gasteiger partial charge in [-0.1, -0.05) is 18.2 Å². The number of rotatable bonds is 5. The van der Waals surface area contributed by atoms with E-state index in [0.717, 1.165) is 16.5 Å². The van der Waals surface area contributed by atoms with E-state index in [-0.39, 0.29) is 6.73 Å². The predicted octanol–water partition coefficient (Wildman–Crippen LogP) is 0.703. The monoisotopic (exact) mass is 234 g/mol. The topological polar surface area (TPSA) is 85.3 Å². The molecule has 1 unspecified atom stereocenters. The molecule has 0 aliphatic rings. The average Bonchev–Trinajstić information content (AvgIpc) is 2.72. The Hall–Kier alpha value is -1.85. The zero-order valence-corrected chi connectivity index (χ0v) is 9.18. The minimum absolute atomic E-state index is 0.333. The highest BCUT2D eigenvalue weighted by molar-refractivity contribution is 5.84. The molecule has 5 nitrogen and oxygen atoms in total. The summed E-state index contributed by atoms with van der Waals surface area (Å²) in [5.41, 5.74) is 1.91. The van der Waals surface area contributed by atoms with Crippen molar-refractivity contribution in [3.8, 4) is 0 Å². The number of fused-ring (bicyclic) bond motifs is 1. The lowest BCUT2D eigenvalue weighted by atomic mass is 10.1. The van der Waals surface area contributed by atoms with Crippen molar-refractivity contribution in [2.45, 2.75) is 12.5 Å². The molecule has 0 amide bonds. The van der Waals surface area contributed by atoms with Gasteiger partial charge in [0.1, 0.15) is 6.04 Å². The number of hydrogen-bond donors (Lipinski definition) is 4. The van der Waals surface area contributed by atoms with Crippen LogP contribution >= 0.6 is 0 Å². The van der Waals surface area contributed by atoms with Crippen LogP contribution in [0, 0.1) is 0 Å². The van der Waals surface area contributed by atoms with E-state index in [1.54, 1.807) is 6.20 Å². The number of nitrogens with one attached hydrogen (secondary N) is 2. The maximum Gasteiger partial charge on any atom is 0.321 e. The summed E-state index contributed by atoms with van der Waals surface area (Å²) in [6, 6.07) is 6.94. The molecule has 0 fully saturated rings. The normalized spacial score (nSPS) is 12.8. The molecule has 4 N–H and O–H groups in total. The van der Waals surface area contributed by atoms with Crippen LogP contribution in [0.15, 0.2) is 30.5 Å². The first-order valence-electron chi connectivity index (χ1n) is 5.34. The molecule has 0 aliphatic carbocycles. The Labute approximate surface area is 98.1 Å². The van der Waals surface area contributed by atoms with Gasteiger partial charge in [-0.15, -0.1) is 0 Å².